The van der Waals surface area contributed by atoms with Crippen LogP contribution in [-0.4, -0.2) is 0 Å². The average molecular weight is 150 g/mol. The first-order valence-electron chi connectivity index (χ1n) is 4.46. The van der Waals surface area contributed by atoms with Crippen LogP contribution in [0, 0.1) is 17.3 Å². The summed E-state index contributed by atoms with van der Waals surface area (Å²) < 4.78 is 0. The van der Waals surface area contributed by atoms with Gasteiger partial charge in [-0.1, -0.05) is 52.0 Å². The first-order valence-corrected chi connectivity index (χ1v) is 4.46. The predicted molar refractivity (Wildman–Crippen MR) is 50.4 cm³/mol. The van der Waals surface area contributed by atoms with Crippen LogP contribution in [-0.2, 0) is 0 Å². The summed E-state index contributed by atoms with van der Waals surface area (Å²) in [5.41, 5.74) is 0.333. The molecule has 1 rings (SSSR count). The van der Waals surface area contributed by atoms with Crippen molar-refractivity contribution >= 4 is 0 Å². The van der Waals surface area contributed by atoms with Crippen molar-refractivity contribution < 1.29 is 0 Å². The SMILES string of the molecule is CC(C)C1(C(C)C)C=CC=C1. The van der Waals surface area contributed by atoms with Gasteiger partial charge >= 0.3 is 0 Å². The molecule has 0 nitrogen and oxygen atoms in total. The van der Waals surface area contributed by atoms with Crippen molar-refractivity contribution in [1.29, 1.82) is 0 Å². The summed E-state index contributed by atoms with van der Waals surface area (Å²) in [6.07, 6.45) is 9.00. The molecule has 0 heteroatoms. The second kappa shape index (κ2) is 2.84. The maximum atomic E-state index is 2.34. The van der Waals surface area contributed by atoms with Crippen molar-refractivity contribution in [3.8, 4) is 0 Å². The van der Waals surface area contributed by atoms with Crippen LogP contribution in [0.1, 0.15) is 27.7 Å². The fourth-order valence-electron chi connectivity index (χ4n) is 1.94. The van der Waals surface area contributed by atoms with Crippen LogP contribution in [0.2, 0.25) is 0 Å². The second-order valence-corrected chi connectivity index (χ2v) is 4.03. The average Bonchev–Trinajstić information content (AvgIpc) is 2.34. The maximum Gasteiger partial charge on any atom is 0.0113 e. The molecule has 62 valence electrons. The molecule has 0 unspecified atom stereocenters. The highest BCUT2D eigenvalue weighted by Crippen LogP contribution is 2.41. The van der Waals surface area contributed by atoms with Gasteiger partial charge in [0.25, 0.3) is 0 Å². The number of rotatable bonds is 2. The predicted octanol–water partition coefficient (Wildman–Crippen LogP) is 3.41. The lowest BCUT2D eigenvalue weighted by atomic mass is 9.70. The zero-order chi connectivity index (χ0) is 8.48. The molecule has 11 heavy (non-hydrogen) atoms. The van der Waals surface area contributed by atoms with Crippen molar-refractivity contribution in [1.82, 2.24) is 0 Å². The van der Waals surface area contributed by atoms with Gasteiger partial charge in [-0.25, -0.2) is 0 Å². The van der Waals surface area contributed by atoms with Gasteiger partial charge in [-0.3, -0.25) is 0 Å². The highest BCUT2D eigenvalue weighted by molar-refractivity contribution is 5.26. The van der Waals surface area contributed by atoms with Crippen LogP contribution >= 0.6 is 0 Å². The molecule has 1 aliphatic carbocycles. The first kappa shape index (κ1) is 8.58. The van der Waals surface area contributed by atoms with Crippen LogP contribution in [0.4, 0.5) is 0 Å². The van der Waals surface area contributed by atoms with Crippen LogP contribution < -0.4 is 0 Å². The second-order valence-electron chi connectivity index (χ2n) is 4.03. The summed E-state index contributed by atoms with van der Waals surface area (Å²) >= 11 is 0. The van der Waals surface area contributed by atoms with E-state index in [1.807, 2.05) is 0 Å². The summed E-state index contributed by atoms with van der Waals surface area (Å²) in [5.74, 6) is 1.41. The van der Waals surface area contributed by atoms with Gasteiger partial charge in [0, 0.05) is 5.41 Å². The van der Waals surface area contributed by atoms with E-state index < -0.39 is 0 Å². The molecule has 0 bridgehead atoms. The highest BCUT2D eigenvalue weighted by Gasteiger charge is 2.32. The van der Waals surface area contributed by atoms with Gasteiger partial charge < -0.3 is 0 Å². The van der Waals surface area contributed by atoms with Gasteiger partial charge in [-0.15, -0.1) is 0 Å². The molecule has 0 atom stereocenters. The van der Waals surface area contributed by atoms with Crippen molar-refractivity contribution in [2.24, 2.45) is 17.3 Å². The van der Waals surface area contributed by atoms with E-state index in [-0.39, 0.29) is 0 Å². The summed E-state index contributed by atoms with van der Waals surface area (Å²) in [6.45, 7) is 9.17. The zero-order valence-electron chi connectivity index (χ0n) is 7.96. The minimum Gasteiger partial charge on any atom is -0.0740 e. The third-order valence-corrected chi connectivity index (χ3v) is 2.88. The Kier molecular flexibility index (Phi) is 2.22. The summed E-state index contributed by atoms with van der Waals surface area (Å²) in [6, 6.07) is 0. The quantitative estimate of drug-likeness (QED) is 0.566. The van der Waals surface area contributed by atoms with Crippen LogP contribution in [0.5, 0.6) is 0 Å². The van der Waals surface area contributed by atoms with Gasteiger partial charge in [0.05, 0.1) is 0 Å². The minimum absolute atomic E-state index is 0.333. The molecular weight excluding hydrogens is 132 g/mol. The molecule has 0 aliphatic heterocycles. The number of allylic oxidation sites excluding steroid dienone is 4. The summed E-state index contributed by atoms with van der Waals surface area (Å²) in [7, 11) is 0. The van der Waals surface area contributed by atoms with E-state index in [0.717, 1.165) is 0 Å². The monoisotopic (exact) mass is 150 g/mol. The lowest BCUT2D eigenvalue weighted by molar-refractivity contribution is 0.252. The zero-order valence-corrected chi connectivity index (χ0v) is 7.96. The van der Waals surface area contributed by atoms with E-state index in [2.05, 4.69) is 52.0 Å². The smallest absolute Gasteiger partial charge is 0.0113 e. The topological polar surface area (TPSA) is 0 Å². The highest BCUT2D eigenvalue weighted by atomic mass is 14.4. The Bertz CT molecular complexity index is 160. The van der Waals surface area contributed by atoms with Crippen molar-refractivity contribution in [2.45, 2.75) is 27.7 Å². The largest absolute Gasteiger partial charge is 0.0740 e. The van der Waals surface area contributed by atoms with E-state index in [1.165, 1.54) is 0 Å². The number of hydrogen-bond acceptors (Lipinski definition) is 0. The normalized spacial score (nSPS) is 20.5. The Hall–Kier alpha value is -0.520. The van der Waals surface area contributed by atoms with E-state index in [9.17, 15) is 0 Å². The van der Waals surface area contributed by atoms with Crippen molar-refractivity contribution in [2.75, 3.05) is 0 Å². The Balaban J connectivity index is 2.90. The lowest BCUT2D eigenvalue weighted by Gasteiger charge is -2.34. The molecule has 0 aromatic rings. The molecule has 0 radical (unpaired) electrons. The molecule has 0 fully saturated rings. The van der Waals surface area contributed by atoms with E-state index in [4.69, 9.17) is 0 Å². The molecule has 0 amide bonds. The molecular formula is C11H18. The van der Waals surface area contributed by atoms with E-state index >= 15 is 0 Å². The fraction of sp³-hybridized carbons (Fsp3) is 0.636. The molecule has 0 aromatic heterocycles. The van der Waals surface area contributed by atoms with E-state index in [0.29, 0.717) is 17.3 Å². The van der Waals surface area contributed by atoms with Gasteiger partial charge in [0.1, 0.15) is 0 Å². The molecule has 0 saturated carbocycles. The standard InChI is InChI=1S/C11H18/c1-9(2)11(10(3)4)7-5-6-8-11/h5-10H,1-4H3. The van der Waals surface area contributed by atoms with Gasteiger partial charge in [-0.05, 0) is 11.8 Å². The Labute approximate surface area is 70.0 Å². The third kappa shape index (κ3) is 1.26. The minimum atomic E-state index is 0.333. The van der Waals surface area contributed by atoms with Crippen LogP contribution in [0.15, 0.2) is 24.3 Å². The summed E-state index contributed by atoms with van der Waals surface area (Å²) in [4.78, 5) is 0. The molecule has 0 saturated heterocycles. The lowest BCUT2D eigenvalue weighted by Crippen LogP contribution is -2.27. The van der Waals surface area contributed by atoms with Crippen molar-refractivity contribution in [3.05, 3.63) is 24.3 Å². The Morgan fingerprint density at radius 1 is 0.818 bits per heavy atom. The van der Waals surface area contributed by atoms with E-state index in [1.54, 1.807) is 0 Å². The van der Waals surface area contributed by atoms with Crippen LogP contribution in [0.3, 0.4) is 0 Å². The van der Waals surface area contributed by atoms with Crippen molar-refractivity contribution in [3.63, 3.8) is 0 Å². The fourth-order valence-corrected chi connectivity index (χ4v) is 1.94. The maximum absolute atomic E-state index is 2.34. The Morgan fingerprint density at radius 2 is 1.18 bits per heavy atom. The third-order valence-electron chi connectivity index (χ3n) is 2.88. The number of hydrogen-bond donors (Lipinski definition) is 0. The molecule has 1 aliphatic rings. The van der Waals surface area contributed by atoms with Gasteiger partial charge in [0.15, 0.2) is 0 Å². The summed E-state index contributed by atoms with van der Waals surface area (Å²) in [5, 5.41) is 0. The molecule has 0 heterocycles. The Morgan fingerprint density at radius 3 is 1.36 bits per heavy atom. The molecule has 0 N–H and O–H groups in total. The molecule has 0 aromatic carbocycles. The molecule has 0 spiro atoms. The van der Waals surface area contributed by atoms with Crippen LogP contribution in [0.25, 0.3) is 0 Å². The van der Waals surface area contributed by atoms with Gasteiger partial charge in [0.2, 0.25) is 0 Å². The first-order chi connectivity index (χ1) is 5.09. The van der Waals surface area contributed by atoms with Gasteiger partial charge in [-0.2, -0.15) is 0 Å².